The molecule has 0 bridgehead atoms. The quantitative estimate of drug-likeness (QED) is 0.388. The van der Waals surface area contributed by atoms with Crippen LogP contribution in [0.2, 0.25) is 0 Å². The van der Waals surface area contributed by atoms with E-state index in [0.29, 0.717) is 0 Å². The van der Waals surface area contributed by atoms with Crippen molar-refractivity contribution in [2.45, 2.75) is 66.2 Å². The molecule has 1 aromatic heterocycles. The van der Waals surface area contributed by atoms with E-state index < -0.39 is 8.16 Å². The van der Waals surface area contributed by atoms with Crippen molar-refractivity contribution in [3.63, 3.8) is 0 Å². The first-order valence-electron chi connectivity index (χ1n) is 11.3. The lowest BCUT2D eigenvalue weighted by atomic mass is 9.84. The molecule has 176 valence electrons. The number of ether oxygens (including phenoxy) is 2. The lowest BCUT2D eigenvalue weighted by Crippen LogP contribution is -2.18. The minimum Gasteiger partial charge on any atom is -0.497 e. The number of methoxy groups -OCH3 is 2. The van der Waals surface area contributed by atoms with Crippen LogP contribution in [0.1, 0.15) is 66.5 Å². The van der Waals surface area contributed by atoms with Gasteiger partial charge in [-0.05, 0) is 35.1 Å². The number of hydrogen-bond donors (Lipinski definition) is 0. The molecular formula is C26H38NO4P. The Balaban J connectivity index is 2.70. The van der Waals surface area contributed by atoms with Crippen LogP contribution in [-0.2, 0) is 10.8 Å². The molecule has 0 aliphatic rings. The van der Waals surface area contributed by atoms with Gasteiger partial charge >= 0.3 is 8.16 Å². The smallest absolute Gasteiger partial charge is 0.309 e. The Kier molecular flexibility index (Phi) is 6.93. The van der Waals surface area contributed by atoms with Gasteiger partial charge in [0.2, 0.25) is 0 Å². The third-order valence-corrected chi connectivity index (χ3v) is 7.51. The molecule has 0 saturated carbocycles. The summed E-state index contributed by atoms with van der Waals surface area (Å²) >= 11 is 0. The van der Waals surface area contributed by atoms with Crippen molar-refractivity contribution in [1.82, 2.24) is 0 Å². The molecule has 0 atom stereocenters. The van der Waals surface area contributed by atoms with E-state index in [2.05, 4.69) is 84.3 Å². The van der Waals surface area contributed by atoms with Crippen LogP contribution in [0.4, 0.5) is 0 Å². The van der Waals surface area contributed by atoms with E-state index in [1.807, 2.05) is 0 Å². The highest BCUT2D eigenvalue weighted by atomic mass is 31.1. The van der Waals surface area contributed by atoms with Crippen LogP contribution in [-0.4, -0.2) is 27.3 Å². The van der Waals surface area contributed by atoms with Gasteiger partial charge in [-0.15, -0.1) is 0 Å². The van der Waals surface area contributed by atoms with Crippen molar-refractivity contribution in [2.24, 2.45) is 0 Å². The Morgan fingerprint density at radius 3 is 1.38 bits per heavy atom. The first kappa shape index (κ1) is 24.5. The van der Waals surface area contributed by atoms with Crippen LogP contribution in [0.15, 0.2) is 32.7 Å². The predicted molar refractivity (Wildman–Crippen MR) is 136 cm³/mol. The van der Waals surface area contributed by atoms with E-state index in [-0.39, 0.29) is 10.8 Å². The van der Waals surface area contributed by atoms with Crippen LogP contribution < -0.4 is 14.1 Å². The maximum atomic E-state index is 6.75. The lowest BCUT2D eigenvalue weighted by molar-refractivity contribution is 0.413. The molecule has 0 saturated heterocycles. The SMILES string of the molecule is CCN(CC)p1oc2c(C(C)(C)C)cc(OC)cc2c2cc(OC)cc(C(C)(C)C)c2o1. The van der Waals surface area contributed by atoms with Crippen molar-refractivity contribution < 1.29 is 17.9 Å². The summed E-state index contributed by atoms with van der Waals surface area (Å²) in [5.74, 6) is 1.61. The van der Waals surface area contributed by atoms with Crippen molar-refractivity contribution in [1.29, 1.82) is 0 Å². The minimum absolute atomic E-state index is 0.140. The van der Waals surface area contributed by atoms with E-state index >= 15 is 0 Å². The molecule has 0 aliphatic heterocycles. The van der Waals surface area contributed by atoms with Crippen LogP contribution in [0, 0.1) is 0 Å². The number of benzene rings is 2. The van der Waals surface area contributed by atoms with Crippen molar-refractivity contribution >= 4 is 30.1 Å². The Labute approximate surface area is 193 Å². The molecule has 2 aromatic carbocycles. The Bertz CT molecular complexity index is 1060. The Hall–Kier alpha value is -2.10. The largest absolute Gasteiger partial charge is 0.497 e. The van der Waals surface area contributed by atoms with Crippen molar-refractivity contribution in [3.05, 3.63) is 35.4 Å². The van der Waals surface area contributed by atoms with Gasteiger partial charge in [0.05, 0.1) is 14.2 Å². The van der Waals surface area contributed by atoms with Gasteiger partial charge in [-0.1, -0.05) is 55.4 Å². The topological polar surface area (TPSA) is 48.0 Å². The molecule has 6 heteroatoms. The number of rotatable bonds is 5. The maximum absolute atomic E-state index is 6.75. The molecule has 0 spiro atoms. The van der Waals surface area contributed by atoms with E-state index in [4.69, 9.17) is 17.9 Å². The summed E-state index contributed by atoms with van der Waals surface area (Å²) in [6.45, 7) is 19.2. The molecule has 0 fully saturated rings. The van der Waals surface area contributed by atoms with Gasteiger partial charge in [-0.3, -0.25) is 0 Å². The van der Waals surface area contributed by atoms with Gasteiger partial charge in [-0.2, -0.15) is 0 Å². The summed E-state index contributed by atoms with van der Waals surface area (Å²) in [7, 11) is 2.07. The summed E-state index contributed by atoms with van der Waals surface area (Å²) in [5, 5.41) is 1.96. The summed E-state index contributed by atoms with van der Waals surface area (Å²) in [6, 6.07) is 8.29. The maximum Gasteiger partial charge on any atom is 0.309 e. The van der Waals surface area contributed by atoms with E-state index in [1.165, 1.54) is 0 Å². The second kappa shape index (κ2) is 9.03. The molecule has 0 amide bonds. The monoisotopic (exact) mass is 459 g/mol. The molecule has 32 heavy (non-hydrogen) atoms. The van der Waals surface area contributed by atoms with E-state index in [0.717, 1.165) is 57.7 Å². The minimum atomic E-state index is -1.34. The molecule has 0 unspecified atom stereocenters. The second-order valence-electron chi connectivity index (χ2n) is 10.2. The van der Waals surface area contributed by atoms with E-state index in [9.17, 15) is 0 Å². The van der Waals surface area contributed by atoms with Crippen molar-refractivity contribution in [3.8, 4) is 11.5 Å². The number of hydrogen-bond acceptors (Lipinski definition) is 5. The van der Waals surface area contributed by atoms with Gasteiger partial charge < -0.3 is 17.9 Å². The van der Waals surface area contributed by atoms with Crippen LogP contribution >= 0.6 is 8.16 Å². The lowest BCUT2D eigenvalue weighted by Gasteiger charge is -2.21. The first-order valence-corrected chi connectivity index (χ1v) is 12.4. The van der Waals surface area contributed by atoms with Gasteiger partial charge in [0.15, 0.2) is 0 Å². The molecular weight excluding hydrogens is 421 g/mol. The highest BCUT2D eigenvalue weighted by Gasteiger charge is 2.26. The Morgan fingerprint density at radius 1 is 0.719 bits per heavy atom. The summed E-state index contributed by atoms with van der Waals surface area (Å²) in [5.41, 5.74) is 3.65. The standard InChI is InChI=1S/C26H38NO4P/c1-11-27(12-2)32-30-23-19(13-17(28-9)15-21(23)25(3,4)5)20-14-18(29-10)16-22(24(20)31-32)26(6,7)8/h13-16H,11-12H2,1-10H3. The molecule has 0 N–H and O–H groups in total. The molecule has 0 aliphatic carbocycles. The Morgan fingerprint density at radius 2 is 1.09 bits per heavy atom. The number of nitrogens with zero attached hydrogens (tertiary/aromatic N) is 1. The first-order chi connectivity index (χ1) is 14.9. The summed E-state index contributed by atoms with van der Waals surface area (Å²) in [4.78, 5) is 0. The normalized spacial score (nSPS) is 12.6. The van der Waals surface area contributed by atoms with Gasteiger partial charge in [0.1, 0.15) is 22.7 Å². The summed E-state index contributed by atoms with van der Waals surface area (Å²) in [6.07, 6.45) is 0. The fourth-order valence-corrected chi connectivity index (χ4v) is 5.33. The van der Waals surface area contributed by atoms with Gasteiger partial charge in [0, 0.05) is 35.0 Å². The fraction of sp³-hybridized carbons (Fsp3) is 0.538. The number of fused-ring (bicyclic) bond motifs is 3. The zero-order valence-corrected chi connectivity index (χ0v) is 22.1. The van der Waals surface area contributed by atoms with Gasteiger partial charge in [-0.25, -0.2) is 4.67 Å². The van der Waals surface area contributed by atoms with E-state index in [1.54, 1.807) is 14.2 Å². The molecule has 5 nitrogen and oxygen atoms in total. The molecule has 1 heterocycles. The second-order valence-corrected chi connectivity index (χ2v) is 11.6. The van der Waals surface area contributed by atoms with Crippen LogP contribution in [0.5, 0.6) is 11.5 Å². The van der Waals surface area contributed by atoms with Crippen LogP contribution in [0.25, 0.3) is 21.9 Å². The molecule has 3 rings (SSSR count). The average molecular weight is 460 g/mol. The van der Waals surface area contributed by atoms with Crippen LogP contribution in [0.3, 0.4) is 0 Å². The fourth-order valence-electron chi connectivity index (χ4n) is 3.90. The van der Waals surface area contributed by atoms with Gasteiger partial charge in [0.25, 0.3) is 0 Å². The highest BCUT2D eigenvalue weighted by molar-refractivity contribution is 7.38. The zero-order chi connectivity index (χ0) is 23.8. The molecule has 0 radical (unpaired) electrons. The zero-order valence-electron chi connectivity index (χ0n) is 21.3. The average Bonchev–Trinajstić information content (AvgIpc) is 2.88. The van der Waals surface area contributed by atoms with Crippen molar-refractivity contribution in [2.75, 3.05) is 32.0 Å². The molecule has 3 aromatic rings. The highest BCUT2D eigenvalue weighted by Crippen LogP contribution is 2.45. The predicted octanol–water partition coefficient (Wildman–Crippen LogP) is 7.88. The third-order valence-electron chi connectivity index (χ3n) is 5.80. The summed E-state index contributed by atoms with van der Waals surface area (Å²) < 4.78 is 27.2. The third kappa shape index (κ3) is 4.65.